The fraction of sp³-hybridized carbons (Fsp3) is 0.304. The highest BCUT2D eigenvalue weighted by molar-refractivity contribution is 6.09. The number of piperazine rings is 1. The van der Waals surface area contributed by atoms with Crippen molar-refractivity contribution in [3.05, 3.63) is 64.8 Å². The Hall–Kier alpha value is -3.08. The van der Waals surface area contributed by atoms with Gasteiger partial charge in [0.25, 0.3) is 5.91 Å². The van der Waals surface area contributed by atoms with Crippen LogP contribution in [0.25, 0.3) is 10.9 Å². The number of aromatic amines is 1. The number of anilines is 1. The summed E-state index contributed by atoms with van der Waals surface area (Å²) in [5.41, 5.74) is 5.72. The molecule has 2 aromatic carbocycles. The van der Waals surface area contributed by atoms with E-state index in [0.717, 1.165) is 33.4 Å². The van der Waals surface area contributed by atoms with Gasteiger partial charge in [-0.3, -0.25) is 9.59 Å². The zero-order valence-electron chi connectivity index (χ0n) is 16.7. The SMILES string of the molecule is Cc1ccc(N2CC(C)N(C(=O)c3cccc4c(C)c(C)[nH]c34)CC2=O)cc1. The van der Waals surface area contributed by atoms with Crippen LogP contribution in [0.2, 0.25) is 0 Å². The third kappa shape index (κ3) is 2.97. The van der Waals surface area contributed by atoms with Gasteiger partial charge in [-0.05, 0) is 51.5 Å². The minimum atomic E-state index is -0.101. The van der Waals surface area contributed by atoms with Gasteiger partial charge in [0.15, 0.2) is 0 Å². The highest BCUT2D eigenvalue weighted by Crippen LogP contribution is 2.27. The van der Waals surface area contributed by atoms with E-state index in [2.05, 4.69) is 11.9 Å². The first-order chi connectivity index (χ1) is 13.4. The van der Waals surface area contributed by atoms with Gasteiger partial charge in [0.1, 0.15) is 6.54 Å². The van der Waals surface area contributed by atoms with Gasteiger partial charge in [-0.15, -0.1) is 0 Å². The minimum Gasteiger partial charge on any atom is -0.358 e. The topological polar surface area (TPSA) is 56.4 Å². The molecule has 1 fully saturated rings. The molecule has 4 rings (SSSR count). The van der Waals surface area contributed by atoms with E-state index in [4.69, 9.17) is 0 Å². The first kappa shape index (κ1) is 18.3. The summed E-state index contributed by atoms with van der Waals surface area (Å²) in [6.07, 6.45) is 0. The molecule has 1 atom stereocenters. The maximum absolute atomic E-state index is 13.3. The van der Waals surface area contributed by atoms with Gasteiger partial charge < -0.3 is 14.8 Å². The number of carbonyl (C=O) groups is 2. The summed E-state index contributed by atoms with van der Waals surface area (Å²) < 4.78 is 0. The Kier molecular flexibility index (Phi) is 4.46. The van der Waals surface area contributed by atoms with E-state index in [1.165, 1.54) is 0 Å². The van der Waals surface area contributed by atoms with Gasteiger partial charge in [0, 0.05) is 29.4 Å². The van der Waals surface area contributed by atoms with Crippen LogP contribution in [-0.4, -0.2) is 40.8 Å². The molecule has 2 heterocycles. The Balaban J connectivity index is 1.62. The monoisotopic (exact) mass is 375 g/mol. The fourth-order valence-corrected chi connectivity index (χ4v) is 3.91. The number of para-hydroxylation sites is 1. The molecule has 144 valence electrons. The first-order valence-corrected chi connectivity index (χ1v) is 9.62. The maximum atomic E-state index is 13.3. The smallest absolute Gasteiger partial charge is 0.256 e. The minimum absolute atomic E-state index is 0.0543. The highest BCUT2D eigenvalue weighted by Gasteiger charge is 2.34. The molecule has 5 nitrogen and oxygen atoms in total. The van der Waals surface area contributed by atoms with E-state index < -0.39 is 0 Å². The van der Waals surface area contributed by atoms with Gasteiger partial charge in [-0.1, -0.05) is 29.8 Å². The molecule has 0 aliphatic carbocycles. The van der Waals surface area contributed by atoms with E-state index in [-0.39, 0.29) is 24.4 Å². The van der Waals surface area contributed by atoms with Crippen molar-refractivity contribution >= 4 is 28.4 Å². The third-order valence-electron chi connectivity index (χ3n) is 5.77. The van der Waals surface area contributed by atoms with Crippen LogP contribution in [0.4, 0.5) is 5.69 Å². The number of amides is 2. The fourth-order valence-electron chi connectivity index (χ4n) is 3.91. The zero-order valence-corrected chi connectivity index (χ0v) is 16.7. The van der Waals surface area contributed by atoms with Crippen LogP contribution in [0.5, 0.6) is 0 Å². The summed E-state index contributed by atoms with van der Waals surface area (Å²) in [5, 5.41) is 1.06. The van der Waals surface area contributed by atoms with Crippen molar-refractivity contribution in [3.63, 3.8) is 0 Å². The predicted molar refractivity (Wildman–Crippen MR) is 112 cm³/mol. The standard InChI is InChI=1S/C23H25N3O2/c1-14-8-10-18(11-9-14)26-12-15(2)25(13-21(26)27)23(28)20-7-5-6-19-16(3)17(4)24-22(19)20/h5-11,15,24H,12-13H2,1-4H3. The predicted octanol–water partition coefficient (Wildman–Crippen LogP) is 3.97. The summed E-state index contributed by atoms with van der Waals surface area (Å²) in [6, 6.07) is 13.6. The second kappa shape index (κ2) is 6.82. The van der Waals surface area contributed by atoms with Crippen molar-refractivity contribution in [2.24, 2.45) is 0 Å². The number of H-pyrrole nitrogens is 1. The molecule has 1 N–H and O–H groups in total. The molecule has 0 spiro atoms. The Morgan fingerprint density at radius 2 is 1.79 bits per heavy atom. The Bertz CT molecular complexity index is 1070. The molecule has 0 radical (unpaired) electrons. The van der Waals surface area contributed by atoms with Crippen LogP contribution in [0.3, 0.4) is 0 Å². The van der Waals surface area contributed by atoms with Crippen molar-refractivity contribution < 1.29 is 9.59 Å². The second-order valence-electron chi connectivity index (χ2n) is 7.73. The normalized spacial score (nSPS) is 17.4. The molecule has 0 bridgehead atoms. The van der Waals surface area contributed by atoms with Gasteiger partial charge in [0.2, 0.25) is 5.91 Å². The number of fused-ring (bicyclic) bond motifs is 1. The molecule has 1 aliphatic rings. The summed E-state index contributed by atoms with van der Waals surface area (Å²) >= 11 is 0. The number of rotatable bonds is 2. The summed E-state index contributed by atoms with van der Waals surface area (Å²) in [6.45, 7) is 8.66. The molecule has 3 aromatic rings. The van der Waals surface area contributed by atoms with E-state index in [1.807, 2.05) is 63.2 Å². The van der Waals surface area contributed by atoms with E-state index >= 15 is 0 Å². The first-order valence-electron chi connectivity index (χ1n) is 9.62. The average Bonchev–Trinajstić information content (AvgIpc) is 2.98. The van der Waals surface area contributed by atoms with Crippen molar-refractivity contribution in [2.75, 3.05) is 18.0 Å². The maximum Gasteiger partial charge on any atom is 0.256 e. The van der Waals surface area contributed by atoms with Gasteiger partial charge >= 0.3 is 0 Å². The molecule has 0 saturated carbocycles. The number of nitrogens with one attached hydrogen (secondary N) is 1. The van der Waals surface area contributed by atoms with Crippen molar-refractivity contribution in [2.45, 2.75) is 33.7 Å². The molecule has 1 aromatic heterocycles. The number of aryl methyl sites for hydroxylation is 3. The molecule has 1 aliphatic heterocycles. The van der Waals surface area contributed by atoms with Crippen molar-refractivity contribution in [3.8, 4) is 0 Å². The quantitative estimate of drug-likeness (QED) is 0.737. The third-order valence-corrected chi connectivity index (χ3v) is 5.77. The number of hydrogen-bond acceptors (Lipinski definition) is 2. The molecular formula is C23H25N3O2. The Morgan fingerprint density at radius 3 is 2.50 bits per heavy atom. The summed E-state index contributed by atoms with van der Waals surface area (Å²) in [7, 11) is 0. The van der Waals surface area contributed by atoms with Crippen LogP contribution >= 0.6 is 0 Å². The van der Waals surface area contributed by atoms with Gasteiger partial charge in [-0.25, -0.2) is 0 Å². The van der Waals surface area contributed by atoms with E-state index in [9.17, 15) is 9.59 Å². The summed E-state index contributed by atoms with van der Waals surface area (Å²) in [5.74, 6) is -0.155. The van der Waals surface area contributed by atoms with Crippen LogP contribution in [0, 0.1) is 20.8 Å². The van der Waals surface area contributed by atoms with Crippen LogP contribution in [-0.2, 0) is 4.79 Å². The summed E-state index contributed by atoms with van der Waals surface area (Å²) in [4.78, 5) is 32.9. The van der Waals surface area contributed by atoms with Crippen LogP contribution in [0.15, 0.2) is 42.5 Å². The van der Waals surface area contributed by atoms with Crippen LogP contribution in [0.1, 0.15) is 34.1 Å². The molecular weight excluding hydrogens is 350 g/mol. The van der Waals surface area contributed by atoms with E-state index in [0.29, 0.717) is 12.1 Å². The lowest BCUT2D eigenvalue weighted by Crippen LogP contribution is -2.57. The lowest BCUT2D eigenvalue weighted by molar-refractivity contribution is -0.121. The van der Waals surface area contributed by atoms with Gasteiger partial charge in [-0.2, -0.15) is 0 Å². The van der Waals surface area contributed by atoms with Crippen LogP contribution < -0.4 is 4.90 Å². The lowest BCUT2D eigenvalue weighted by Gasteiger charge is -2.39. The second-order valence-corrected chi connectivity index (χ2v) is 7.73. The number of nitrogens with zero attached hydrogens (tertiary/aromatic N) is 2. The van der Waals surface area contributed by atoms with Crippen molar-refractivity contribution in [1.82, 2.24) is 9.88 Å². The highest BCUT2D eigenvalue weighted by atomic mass is 16.2. The Labute approximate surface area is 165 Å². The molecule has 28 heavy (non-hydrogen) atoms. The van der Waals surface area contributed by atoms with E-state index in [1.54, 1.807) is 9.80 Å². The Morgan fingerprint density at radius 1 is 1.07 bits per heavy atom. The van der Waals surface area contributed by atoms with Crippen molar-refractivity contribution in [1.29, 1.82) is 0 Å². The molecule has 1 unspecified atom stereocenters. The lowest BCUT2D eigenvalue weighted by atomic mass is 10.1. The number of benzene rings is 2. The molecule has 5 heteroatoms. The number of carbonyl (C=O) groups excluding carboxylic acids is 2. The number of aromatic nitrogens is 1. The number of hydrogen-bond donors (Lipinski definition) is 1. The van der Waals surface area contributed by atoms with Gasteiger partial charge in [0.05, 0.1) is 11.1 Å². The largest absolute Gasteiger partial charge is 0.358 e. The molecule has 2 amide bonds. The molecule has 1 saturated heterocycles. The zero-order chi connectivity index (χ0) is 20.0. The average molecular weight is 375 g/mol.